The third-order valence-electron chi connectivity index (χ3n) is 5.39. The number of hydrogen-bond donors (Lipinski definition) is 2. The minimum Gasteiger partial charge on any atom is -0.391 e. The molecule has 0 aliphatic heterocycles. The second-order valence-electron chi connectivity index (χ2n) is 7.35. The van der Waals surface area contributed by atoms with E-state index in [0.717, 1.165) is 37.0 Å². The lowest BCUT2D eigenvalue weighted by atomic mass is 9.93. The van der Waals surface area contributed by atoms with Crippen LogP contribution in [0.5, 0.6) is 0 Å². The number of imidazole rings is 1. The molecule has 1 aliphatic carbocycles. The highest BCUT2D eigenvalue weighted by molar-refractivity contribution is 7.22. The van der Waals surface area contributed by atoms with Crippen molar-refractivity contribution in [1.29, 1.82) is 0 Å². The van der Waals surface area contributed by atoms with Gasteiger partial charge in [-0.1, -0.05) is 24.2 Å². The molecule has 1 aliphatic rings. The van der Waals surface area contributed by atoms with Crippen molar-refractivity contribution < 1.29 is 13.9 Å². The molecule has 29 heavy (non-hydrogen) atoms. The van der Waals surface area contributed by atoms with E-state index in [2.05, 4.69) is 20.3 Å². The molecule has 6 nitrogen and oxygen atoms in total. The van der Waals surface area contributed by atoms with Gasteiger partial charge in [-0.05, 0) is 31.0 Å². The van der Waals surface area contributed by atoms with Crippen molar-refractivity contribution in [3.63, 3.8) is 0 Å². The molecule has 9 heteroatoms. The molecule has 2 unspecified atom stereocenters. The third-order valence-corrected chi connectivity index (χ3v) is 6.37. The molecule has 0 bridgehead atoms. The van der Waals surface area contributed by atoms with Crippen LogP contribution in [0.1, 0.15) is 31.2 Å². The lowest BCUT2D eigenvalue weighted by Gasteiger charge is -2.27. The highest BCUT2D eigenvalue weighted by Crippen LogP contribution is 2.34. The maximum absolute atomic E-state index is 15.2. The number of aliphatic hydroxyl groups excluding tert-OH is 1. The fourth-order valence-corrected chi connectivity index (χ4v) is 4.87. The van der Waals surface area contributed by atoms with Crippen LogP contribution in [0.25, 0.3) is 21.4 Å². The molecule has 2 N–H and O–H groups in total. The van der Waals surface area contributed by atoms with Crippen molar-refractivity contribution >= 4 is 37.8 Å². The van der Waals surface area contributed by atoms with Gasteiger partial charge in [-0.2, -0.15) is 0 Å². The number of rotatable bonds is 4. The van der Waals surface area contributed by atoms with Crippen LogP contribution in [0.3, 0.4) is 0 Å². The summed E-state index contributed by atoms with van der Waals surface area (Å²) in [5.41, 5.74) is 1.54. The maximum Gasteiger partial charge on any atom is 0.184 e. The standard InChI is InChI=1S/C20H19F2N5OS/c21-12-8-11(9-27-10-24-14-5-3-7-23-19(14)27)16(22)18-17(12)26-20(29-18)25-13-4-1-2-6-15(13)28/h3,5,7-8,10,13,15,28H,1-2,4,6,9H2,(H,25,26). The Bertz CT molecular complexity index is 1190. The number of nitrogens with zero attached hydrogens (tertiary/aromatic N) is 4. The number of fused-ring (bicyclic) bond motifs is 2. The molecule has 1 fully saturated rings. The van der Waals surface area contributed by atoms with E-state index in [0.29, 0.717) is 16.3 Å². The second kappa shape index (κ2) is 7.31. The normalized spacial score (nSPS) is 19.8. The molecule has 1 saturated carbocycles. The molecule has 0 saturated heterocycles. The number of nitrogens with one attached hydrogen (secondary N) is 1. The van der Waals surface area contributed by atoms with E-state index in [4.69, 9.17) is 0 Å². The van der Waals surface area contributed by atoms with E-state index in [1.807, 2.05) is 6.07 Å². The van der Waals surface area contributed by atoms with Crippen LogP contribution < -0.4 is 5.32 Å². The summed E-state index contributed by atoms with van der Waals surface area (Å²) >= 11 is 1.08. The molecule has 0 radical (unpaired) electrons. The van der Waals surface area contributed by atoms with E-state index in [-0.39, 0.29) is 28.4 Å². The van der Waals surface area contributed by atoms with Crippen LogP contribution in [0.4, 0.5) is 13.9 Å². The number of anilines is 1. The molecule has 150 valence electrons. The van der Waals surface area contributed by atoms with Gasteiger partial charge in [0.2, 0.25) is 0 Å². The topological polar surface area (TPSA) is 75.9 Å². The van der Waals surface area contributed by atoms with Crippen molar-refractivity contribution in [2.75, 3.05) is 5.32 Å². The predicted octanol–water partition coefficient (Wildman–Crippen LogP) is 4.08. The van der Waals surface area contributed by atoms with Gasteiger partial charge >= 0.3 is 0 Å². The summed E-state index contributed by atoms with van der Waals surface area (Å²) in [5.74, 6) is -1.06. The van der Waals surface area contributed by atoms with Crippen LogP contribution in [0, 0.1) is 11.6 Å². The van der Waals surface area contributed by atoms with Gasteiger partial charge in [0.05, 0.1) is 29.7 Å². The Labute approximate surface area is 169 Å². The highest BCUT2D eigenvalue weighted by atomic mass is 32.1. The molecule has 3 heterocycles. The zero-order chi connectivity index (χ0) is 20.0. The van der Waals surface area contributed by atoms with E-state index in [1.165, 1.54) is 6.07 Å². The van der Waals surface area contributed by atoms with Crippen LogP contribution in [0.15, 0.2) is 30.7 Å². The number of benzene rings is 1. The van der Waals surface area contributed by atoms with E-state index < -0.39 is 17.7 Å². The Hall–Kier alpha value is -2.65. The SMILES string of the molecule is OC1CCCCC1Nc1nc2c(F)cc(Cn3cnc4cccnc43)c(F)c2s1. The fraction of sp³-hybridized carbons (Fsp3) is 0.350. The molecule has 2 atom stereocenters. The van der Waals surface area contributed by atoms with Crippen LogP contribution in [-0.2, 0) is 6.54 Å². The van der Waals surface area contributed by atoms with Gasteiger partial charge in [0.1, 0.15) is 16.9 Å². The number of thiazole rings is 1. The lowest BCUT2D eigenvalue weighted by Crippen LogP contribution is -2.36. The van der Waals surface area contributed by atoms with E-state index in [1.54, 1.807) is 23.2 Å². The third kappa shape index (κ3) is 3.34. The van der Waals surface area contributed by atoms with Crippen molar-refractivity contribution in [2.24, 2.45) is 0 Å². The van der Waals surface area contributed by atoms with E-state index in [9.17, 15) is 9.50 Å². The molecule has 3 aromatic heterocycles. The van der Waals surface area contributed by atoms with Crippen molar-refractivity contribution in [2.45, 2.75) is 44.4 Å². The van der Waals surface area contributed by atoms with Crippen LogP contribution >= 0.6 is 11.3 Å². The molecular formula is C20H19F2N5OS. The summed E-state index contributed by atoms with van der Waals surface area (Å²) in [6.45, 7) is 0.119. The number of aromatic nitrogens is 4. The molecule has 5 rings (SSSR count). The summed E-state index contributed by atoms with van der Waals surface area (Å²) in [4.78, 5) is 12.8. The number of hydrogen-bond acceptors (Lipinski definition) is 6. The number of pyridine rings is 1. The van der Waals surface area contributed by atoms with Gasteiger partial charge in [0.25, 0.3) is 0 Å². The quantitative estimate of drug-likeness (QED) is 0.525. The molecule has 1 aromatic carbocycles. The predicted molar refractivity (Wildman–Crippen MR) is 108 cm³/mol. The first-order valence-corrected chi connectivity index (χ1v) is 10.4. The summed E-state index contributed by atoms with van der Waals surface area (Å²) < 4.78 is 31.7. The van der Waals surface area contributed by atoms with Gasteiger partial charge in [0.15, 0.2) is 16.6 Å². The largest absolute Gasteiger partial charge is 0.391 e. The molecular weight excluding hydrogens is 396 g/mol. The summed E-state index contributed by atoms with van der Waals surface area (Å²) in [5, 5.41) is 13.7. The van der Waals surface area contributed by atoms with Gasteiger partial charge in [0, 0.05) is 11.8 Å². The first-order chi connectivity index (χ1) is 14.1. The van der Waals surface area contributed by atoms with Crippen LogP contribution in [-0.4, -0.2) is 36.8 Å². The Balaban J connectivity index is 1.48. The molecule has 4 aromatic rings. The first kappa shape index (κ1) is 18.4. The summed E-state index contributed by atoms with van der Waals surface area (Å²) in [7, 11) is 0. The number of aliphatic hydroxyl groups is 1. The second-order valence-corrected chi connectivity index (χ2v) is 8.35. The summed E-state index contributed by atoms with van der Waals surface area (Å²) in [6.07, 6.45) is 6.28. The van der Waals surface area contributed by atoms with E-state index >= 15 is 4.39 Å². The van der Waals surface area contributed by atoms with Gasteiger partial charge in [-0.3, -0.25) is 0 Å². The van der Waals surface area contributed by atoms with Gasteiger partial charge in [-0.25, -0.2) is 23.7 Å². The van der Waals surface area contributed by atoms with Gasteiger partial charge < -0.3 is 15.0 Å². The van der Waals surface area contributed by atoms with Crippen molar-refractivity contribution in [3.8, 4) is 0 Å². The van der Waals surface area contributed by atoms with Crippen LogP contribution in [0.2, 0.25) is 0 Å². The lowest BCUT2D eigenvalue weighted by molar-refractivity contribution is 0.116. The number of halogens is 2. The Kier molecular flexibility index (Phi) is 4.63. The Morgan fingerprint density at radius 3 is 2.97 bits per heavy atom. The highest BCUT2D eigenvalue weighted by Gasteiger charge is 2.25. The Morgan fingerprint density at radius 2 is 2.10 bits per heavy atom. The zero-order valence-corrected chi connectivity index (χ0v) is 16.3. The average molecular weight is 415 g/mol. The zero-order valence-electron chi connectivity index (χ0n) is 15.5. The minimum atomic E-state index is -0.567. The monoisotopic (exact) mass is 415 g/mol. The van der Waals surface area contributed by atoms with Crippen molar-refractivity contribution in [1.82, 2.24) is 19.5 Å². The first-order valence-electron chi connectivity index (χ1n) is 9.58. The van der Waals surface area contributed by atoms with Crippen molar-refractivity contribution in [3.05, 3.63) is 47.9 Å². The fourth-order valence-electron chi connectivity index (χ4n) is 3.87. The average Bonchev–Trinajstić information content (AvgIpc) is 3.33. The van der Waals surface area contributed by atoms with Gasteiger partial charge in [-0.15, -0.1) is 0 Å². The molecule has 0 spiro atoms. The molecule has 0 amide bonds. The summed E-state index contributed by atoms with van der Waals surface area (Å²) in [6, 6.07) is 4.64. The smallest absolute Gasteiger partial charge is 0.184 e. The maximum atomic E-state index is 15.2. The minimum absolute atomic E-state index is 0.0117. The Morgan fingerprint density at radius 1 is 1.24 bits per heavy atom.